The predicted octanol–water partition coefficient (Wildman–Crippen LogP) is 4.44. The number of thiazole rings is 1. The number of fused-ring (bicyclic) bond motifs is 1. The molecular weight excluding hydrogens is 264 g/mol. The average molecular weight is 286 g/mol. The highest BCUT2D eigenvalue weighted by Crippen LogP contribution is 2.36. The minimum absolute atomic E-state index is 0.137. The molecule has 1 aliphatic rings. The Morgan fingerprint density at radius 2 is 1.90 bits per heavy atom. The molecule has 0 saturated carbocycles. The molecule has 1 atom stereocenters. The first kappa shape index (κ1) is 13.8. The van der Waals surface area contributed by atoms with Gasteiger partial charge in [-0.1, -0.05) is 45.0 Å². The van der Waals surface area contributed by atoms with Crippen LogP contribution in [0, 0.1) is 0 Å². The van der Waals surface area contributed by atoms with Gasteiger partial charge in [-0.3, -0.25) is 0 Å². The van der Waals surface area contributed by atoms with Crippen molar-refractivity contribution in [3.05, 3.63) is 40.4 Å². The average Bonchev–Trinajstić information content (AvgIpc) is 2.83. The molecule has 0 spiro atoms. The molecule has 20 heavy (non-hydrogen) atoms. The van der Waals surface area contributed by atoms with Gasteiger partial charge in [0.1, 0.15) is 5.01 Å². The van der Waals surface area contributed by atoms with Crippen LogP contribution in [0.5, 0.6) is 0 Å². The summed E-state index contributed by atoms with van der Waals surface area (Å²) in [6, 6.07) is 8.95. The molecule has 1 heterocycles. The summed E-state index contributed by atoms with van der Waals surface area (Å²) in [4.78, 5) is 6.18. The summed E-state index contributed by atoms with van der Waals surface area (Å²) in [5.74, 6) is 0. The lowest BCUT2D eigenvalue weighted by Crippen LogP contribution is -2.16. The molecule has 0 bridgehead atoms. The Hall–Kier alpha value is -1.19. The third-order valence-electron chi connectivity index (χ3n) is 4.00. The van der Waals surface area contributed by atoms with Gasteiger partial charge in [-0.2, -0.15) is 0 Å². The van der Waals surface area contributed by atoms with Crippen LogP contribution in [-0.2, 0) is 11.8 Å². The molecule has 0 saturated heterocycles. The second-order valence-electron chi connectivity index (χ2n) is 6.65. The Labute approximate surface area is 125 Å². The fourth-order valence-corrected chi connectivity index (χ4v) is 3.87. The normalized spacial score (nSPS) is 18.9. The van der Waals surface area contributed by atoms with Gasteiger partial charge in [-0.05, 0) is 30.2 Å². The summed E-state index contributed by atoms with van der Waals surface area (Å²) in [5.41, 5.74) is 10.1. The lowest BCUT2D eigenvalue weighted by molar-refractivity contribution is 0.564. The number of nitrogens with two attached hydrogens (primary N) is 1. The Bertz CT molecular complexity index is 605. The zero-order valence-electron chi connectivity index (χ0n) is 12.4. The molecule has 106 valence electrons. The summed E-state index contributed by atoms with van der Waals surface area (Å²) in [6.07, 6.45) is 3.40. The third-order valence-corrected chi connectivity index (χ3v) is 5.18. The van der Waals surface area contributed by atoms with Gasteiger partial charge < -0.3 is 5.73 Å². The van der Waals surface area contributed by atoms with Crippen LogP contribution in [0.1, 0.15) is 55.8 Å². The van der Waals surface area contributed by atoms with E-state index >= 15 is 0 Å². The molecule has 0 radical (unpaired) electrons. The van der Waals surface area contributed by atoms with E-state index in [-0.39, 0.29) is 11.5 Å². The van der Waals surface area contributed by atoms with Crippen LogP contribution in [-0.4, -0.2) is 4.98 Å². The van der Waals surface area contributed by atoms with E-state index in [4.69, 9.17) is 10.7 Å². The van der Waals surface area contributed by atoms with E-state index in [0.717, 1.165) is 23.5 Å². The maximum absolute atomic E-state index is 6.16. The summed E-state index contributed by atoms with van der Waals surface area (Å²) < 4.78 is 0. The van der Waals surface area contributed by atoms with Crippen LogP contribution in [0.15, 0.2) is 24.3 Å². The molecule has 1 aromatic carbocycles. The topological polar surface area (TPSA) is 38.9 Å². The lowest BCUT2D eigenvalue weighted by atomic mass is 9.87. The van der Waals surface area contributed by atoms with Gasteiger partial charge >= 0.3 is 0 Å². The van der Waals surface area contributed by atoms with Crippen molar-refractivity contribution in [1.82, 2.24) is 4.98 Å². The van der Waals surface area contributed by atoms with Crippen molar-refractivity contribution in [3.8, 4) is 10.6 Å². The third kappa shape index (κ3) is 2.52. The molecule has 2 nitrogen and oxygen atoms in total. The van der Waals surface area contributed by atoms with Crippen molar-refractivity contribution in [1.29, 1.82) is 0 Å². The number of hydrogen-bond acceptors (Lipinski definition) is 3. The second kappa shape index (κ2) is 4.97. The lowest BCUT2D eigenvalue weighted by Gasteiger charge is -2.18. The van der Waals surface area contributed by atoms with E-state index in [2.05, 4.69) is 45.0 Å². The van der Waals surface area contributed by atoms with E-state index in [1.807, 2.05) is 11.3 Å². The number of hydrogen-bond donors (Lipinski definition) is 1. The summed E-state index contributed by atoms with van der Waals surface area (Å²) in [5, 5.41) is 1.12. The molecule has 1 unspecified atom stereocenters. The molecule has 1 aromatic heterocycles. The van der Waals surface area contributed by atoms with Gasteiger partial charge in [0, 0.05) is 16.5 Å². The molecule has 0 aliphatic heterocycles. The molecule has 2 N–H and O–H groups in total. The van der Waals surface area contributed by atoms with Gasteiger partial charge in [0.05, 0.1) is 5.69 Å². The van der Waals surface area contributed by atoms with E-state index in [0.29, 0.717) is 0 Å². The highest BCUT2D eigenvalue weighted by Gasteiger charge is 2.22. The second-order valence-corrected chi connectivity index (χ2v) is 7.74. The number of aromatic nitrogens is 1. The summed E-state index contributed by atoms with van der Waals surface area (Å²) >= 11 is 1.81. The van der Waals surface area contributed by atoms with Crippen LogP contribution in [0.2, 0.25) is 0 Å². The van der Waals surface area contributed by atoms with Crippen molar-refractivity contribution in [2.45, 2.75) is 51.5 Å². The van der Waals surface area contributed by atoms with E-state index < -0.39 is 0 Å². The first-order valence-electron chi connectivity index (χ1n) is 7.31. The summed E-state index contributed by atoms with van der Waals surface area (Å²) in [6.45, 7) is 6.72. The SMILES string of the molecule is CC(C)(C)c1ccc(-c2nc3c(s2)CCCC3N)cc1. The summed E-state index contributed by atoms with van der Waals surface area (Å²) in [7, 11) is 0. The van der Waals surface area contributed by atoms with Gasteiger partial charge in [-0.15, -0.1) is 11.3 Å². The number of rotatable bonds is 1. The van der Waals surface area contributed by atoms with Crippen LogP contribution in [0.3, 0.4) is 0 Å². The van der Waals surface area contributed by atoms with Crippen molar-refractivity contribution in [2.24, 2.45) is 5.73 Å². The molecule has 1 aliphatic carbocycles. The quantitative estimate of drug-likeness (QED) is 0.841. The highest BCUT2D eigenvalue weighted by molar-refractivity contribution is 7.15. The Morgan fingerprint density at radius 3 is 2.50 bits per heavy atom. The predicted molar refractivity (Wildman–Crippen MR) is 86.1 cm³/mol. The Balaban J connectivity index is 1.94. The smallest absolute Gasteiger partial charge is 0.123 e. The highest BCUT2D eigenvalue weighted by atomic mass is 32.1. The van der Waals surface area contributed by atoms with Crippen LogP contribution in [0.25, 0.3) is 10.6 Å². The molecular formula is C17H22N2S. The molecule has 3 rings (SSSR count). The monoisotopic (exact) mass is 286 g/mol. The first-order chi connectivity index (χ1) is 9.45. The number of benzene rings is 1. The van der Waals surface area contributed by atoms with E-state index in [9.17, 15) is 0 Å². The minimum Gasteiger partial charge on any atom is -0.323 e. The Morgan fingerprint density at radius 1 is 1.20 bits per heavy atom. The fourth-order valence-electron chi connectivity index (χ4n) is 2.69. The maximum atomic E-state index is 6.16. The molecule has 3 heteroatoms. The van der Waals surface area contributed by atoms with Crippen molar-refractivity contribution < 1.29 is 0 Å². The minimum atomic E-state index is 0.137. The Kier molecular flexibility index (Phi) is 3.43. The van der Waals surface area contributed by atoms with Crippen molar-refractivity contribution >= 4 is 11.3 Å². The number of nitrogens with zero attached hydrogens (tertiary/aromatic N) is 1. The maximum Gasteiger partial charge on any atom is 0.123 e. The van der Waals surface area contributed by atoms with Crippen LogP contribution < -0.4 is 5.73 Å². The standard InChI is InChI=1S/C17H22N2S/c1-17(2,3)12-9-7-11(8-10-12)16-19-15-13(18)5-4-6-14(15)20-16/h7-10,13H,4-6,18H2,1-3H3. The van der Waals surface area contributed by atoms with Crippen molar-refractivity contribution in [2.75, 3.05) is 0 Å². The zero-order valence-corrected chi connectivity index (χ0v) is 13.3. The van der Waals surface area contributed by atoms with Crippen molar-refractivity contribution in [3.63, 3.8) is 0 Å². The molecule has 2 aromatic rings. The van der Waals surface area contributed by atoms with Crippen LogP contribution in [0.4, 0.5) is 0 Å². The number of aryl methyl sites for hydroxylation is 1. The zero-order chi connectivity index (χ0) is 14.3. The fraction of sp³-hybridized carbons (Fsp3) is 0.471. The largest absolute Gasteiger partial charge is 0.323 e. The van der Waals surface area contributed by atoms with Gasteiger partial charge in [-0.25, -0.2) is 4.98 Å². The molecule has 0 amide bonds. The first-order valence-corrected chi connectivity index (χ1v) is 8.13. The molecule has 0 fully saturated rings. The van der Waals surface area contributed by atoms with E-state index in [1.54, 1.807) is 0 Å². The van der Waals surface area contributed by atoms with Gasteiger partial charge in [0.25, 0.3) is 0 Å². The van der Waals surface area contributed by atoms with Gasteiger partial charge in [0.2, 0.25) is 0 Å². The van der Waals surface area contributed by atoms with E-state index in [1.165, 1.54) is 22.4 Å². The van der Waals surface area contributed by atoms with Crippen LogP contribution >= 0.6 is 11.3 Å². The van der Waals surface area contributed by atoms with Gasteiger partial charge in [0.15, 0.2) is 0 Å².